The zero-order chi connectivity index (χ0) is 7.84. The van der Waals surface area contributed by atoms with Crippen molar-refractivity contribution in [2.24, 2.45) is 0 Å². The lowest BCUT2D eigenvalue weighted by Crippen LogP contribution is -1.83. The fourth-order valence-corrected chi connectivity index (χ4v) is 2.33. The molecule has 0 saturated carbocycles. The van der Waals surface area contributed by atoms with Gasteiger partial charge >= 0.3 is 0 Å². The quantitative estimate of drug-likeness (QED) is 0.577. The van der Waals surface area contributed by atoms with E-state index in [1.54, 1.807) is 0 Å². The number of rotatable bonds is 0. The average molecular weight is 211 g/mol. The summed E-state index contributed by atoms with van der Waals surface area (Å²) in [5, 5.41) is 0. The molecule has 0 radical (unpaired) electrons. The molecule has 1 aromatic rings. The molecule has 0 aromatic heterocycles. The van der Waals surface area contributed by atoms with Crippen LogP contribution in [0.1, 0.15) is 27.9 Å². The predicted octanol–water partition coefficient (Wildman–Crippen LogP) is 3.38. The highest BCUT2D eigenvalue weighted by atomic mass is 79.9. The molecule has 0 heterocycles. The number of benzene rings is 1. The van der Waals surface area contributed by atoms with Crippen LogP contribution >= 0.6 is 15.9 Å². The van der Waals surface area contributed by atoms with Gasteiger partial charge in [-0.15, -0.1) is 0 Å². The Labute approximate surface area is 75.8 Å². The highest BCUT2D eigenvalue weighted by Gasteiger charge is 2.18. The summed E-state index contributed by atoms with van der Waals surface area (Å²) in [5.41, 5.74) is 4.40. The molecule has 0 aliphatic heterocycles. The van der Waals surface area contributed by atoms with Crippen molar-refractivity contribution in [3.8, 4) is 0 Å². The largest absolute Gasteiger partial charge is 0.0839 e. The lowest BCUT2D eigenvalue weighted by atomic mass is 10.1. The summed E-state index contributed by atoms with van der Waals surface area (Å²) < 4.78 is 0. The summed E-state index contributed by atoms with van der Waals surface area (Å²) in [6.45, 7) is 2.15. The molecular formula is C10H11Br. The van der Waals surface area contributed by atoms with Gasteiger partial charge in [0.15, 0.2) is 0 Å². The van der Waals surface area contributed by atoms with Gasteiger partial charge in [-0.2, -0.15) is 0 Å². The third kappa shape index (κ3) is 1.22. The summed E-state index contributed by atoms with van der Waals surface area (Å²) in [6.07, 6.45) is 2.50. The van der Waals surface area contributed by atoms with Gasteiger partial charge < -0.3 is 0 Å². The van der Waals surface area contributed by atoms with Crippen LogP contribution in [0.3, 0.4) is 0 Å². The van der Waals surface area contributed by atoms with E-state index in [2.05, 4.69) is 41.1 Å². The van der Waals surface area contributed by atoms with Crippen molar-refractivity contribution in [1.82, 2.24) is 0 Å². The maximum atomic E-state index is 3.67. The van der Waals surface area contributed by atoms with E-state index < -0.39 is 0 Å². The Bertz CT molecular complexity index is 278. The highest BCUT2D eigenvalue weighted by molar-refractivity contribution is 9.09. The first-order valence-electron chi connectivity index (χ1n) is 4.01. The summed E-state index contributed by atoms with van der Waals surface area (Å²) in [5.74, 6) is 0. The topological polar surface area (TPSA) is 0 Å². The maximum Gasteiger partial charge on any atom is 0.0401 e. The number of aryl methyl sites for hydroxylation is 2. The highest BCUT2D eigenvalue weighted by Crippen LogP contribution is 2.37. The van der Waals surface area contributed by atoms with Crippen molar-refractivity contribution in [3.05, 3.63) is 34.9 Å². The molecule has 0 fully saturated rings. The van der Waals surface area contributed by atoms with Gasteiger partial charge in [0, 0.05) is 4.83 Å². The van der Waals surface area contributed by atoms with Crippen LogP contribution in [-0.4, -0.2) is 0 Å². The Morgan fingerprint density at radius 3 is 3.09 bits per heavy atom. The molecule has 1 atom stereocenters. The van der Waals surface area contributed by atoms with Gasteiger partial charge in [0.1, 0.15) is 0 Å². The van der Waals surface area contributed by atoms with Crippen LogP contribution in [0.2, 0.25) is 0 Å². The molecule has 1 unspecified atom stereocenters. The Morgan fingerprint density at radius 1 is 1.45 bits per heavy atom. The summed E-state index contributed by atoms with van der Waals surface area (Å²) >= 11 is 3.67. The Hall–Kier alpha value is -0.300. The number of hydrogen-bond acceptors (Lipinski definition) is 0. The monoisotopic (exact) mass is 210 g/mol. The summed E-state index contributed by atoms with van der Waals surface area (Å²) in [7, 11) is 0. The standard InChI is InChI=1S/C10H11Br/c1-7-2-3-8-4-5-10(11)9(8)6-7/h2-3,6,10H,4-5H2,1H3. The summed E-state index contributed by atoms with van der Waals surface area (Å²) in [6, 6.07) is 6.75. The molecule has 0 bridgehead atoms. The van der Waals surface area contributed by atoms with E-state index in [1.807, 2.05) is 0 Å². The minimum Gasteiger partial charge on any atom is -0.0839 e. The number of fused-ring (bicyclic) bond motifs is 1. The van der Waals surface area contributed by atoms with Crippen LogP contribution in [0, 0.1) is 6.92 Å². The molecule has 11 heavy (non-hydrogen) atoms. The van der Waals surface area contributed by atoms with E-state index in [0.29, 0.717) is 4.83 Å². The van der Waals surface area contributed by atoms with Crippen molar-refractivity contribution in [2.45, 2.75) is 24.6 Å². The van der Waals surface area contributed by atoms with Gasteiger partial charge in [-0.1, -0.05) is 39.7 Å². The van der Waals surface area contributed by atoms with Gasteiger partial charge in [-0.25, -0.2) is 0 Å². The fraction of sp³-hybridized carbons (Fsp3) is 0.400. The number of alkyl halides is 1. The second kappa shape index (κ2) is 2.63. The van der Waals surface area contributed by atoms with E-state index in [9.17, 15) is 0 Å². The normalized spacial score (nSPS) is 21.8. The van der Waals surface area contributed by atoms with Crippen molar-refractivity contribution in [1.29, 1.82) is 0 Å². The van der Waals surface area contributed by atoms with Crippen molar-refractivity contribution >= 4 is 15.9 Å². The van der Waals surface area contributed by atoms with Crippen LogP contribution in [0.15, 0.2) is 18.2 Å². The Balaban J connectivity index is 2.52. The zero-order valence-corrected chi connectivity index (χ0v) is 8.19. The van der Waals surface area contributed by atoms with E-state index in [0.717, 1.165) is 0 Å². The third-order valence-corrected chi connectivity index (χ3v) is 3.26. The number of halogens is 1. The van der Waals surface area contributed by atoms with E-state index in [4.69, 9.17) is 0 Å². The zero-order valence-electron chi connectivity index (χ0n) is 6.60. The second-order valence-electron chi connectivity index (χ2n) is 3.21. The maximum absolute atomic E-state index is 3.67. The molecule has 1 aromatic carbocycles. The molecule has 0 saturated heterocycles. The molecule has 2 rings (SSSR count). The van der Waals surface area contributed by atoms with Crippen LogP contribution in [-0.2, 0) is 6.42 Å². The third-order valence-electron chi connectivity index (χ3n) is 2.31. The molecular weight excluding hydrogens is 200 g/mol. The Morgan fingerprint density at radius 2 is 2.27 bits per heavy atom. The molecule has 0 N–H and O–H groups in total. The van der Waals surface area contributed by atoms with Gasteiger partial charge in [-0.3, -0.25) is 0 Å². The van der Waals surface area contributed by atoms with Crippen molar-refractivity contribution < 1.29 is 0 Å². The van der Waals surface area contributed by atoms with Crippen LogP contribution in [0.5, 0.6) is 0 Å². The smallest absolute Gasteiger partial charge is 0.0401 e. The minimum atomic E-state index is 0.609. The second-order valence-corrected chi connectivity index (χ2v) is 4.31. The Kier molecular flexibility index (Phi) is 1.76. The van der Waals surface area contributed by atoms with Gasteiger partial charge in [-0.05, 0) is 30.9 Å². The van der Waals surface area contributed by atoms with Crippen molar-refractivity contribution in [2.75, 3.05) is 0 Å². The molecule has 1 heteroatoms. The van der Waals surface area contributed by atoms with E-state index in [1.165, 1.54) is 29.5 Å². The molecule has 1 aliphatic carbocycles. The first-order chi connectivity index (χ1) is 5.27. The van der Waals surface area contributed by atoms with Gasteiger partial charge in [0.25, 0.3) is 0 Å². The van der Waals surface area contributed by atoms with Crippen molar-refractivity contribution in [3.63, 3.8) is 0 Å². The summed E-state index contributed by atoms with van der Waals surface area (Å²) in [4.78, 5) is 0.609. The van der Waals surface area contributed by atoms with Crippen LogP contribution in [0.25, 0.3) is 0 Å². The van der Waals surface area contributed by atoms with Crippen LogP contribution in [0.4, 0.5) is 0 Å². The first-order valence-corrected chi connectivity index (χ1v) is 4.92. The van der Waals surface area contributed by atoms with Gasteiger partial charge in [0.2, 0.25) is 0 Å². The average Bonchev–Trinajstić information content (AvgIpc) is 2.33. The minimum absolute atomic E-state index is 0.609. The lowest BCUT2D eigenvalue weighted by molar-refractivity contribution is 0.903. The SMILES string of the molecule is Cc1ccc2c(c1)C(Br)CC2. The van der Waals surface area contributed by atoms with E-state index >= 15 is 0 Å². The fourth-order valence-electron chi connectivity index (χ4n) is 1.67. The first kappa shape index (κ1) is 7.35. The molecule has 58 valence electrons. The van der Waals surface area contributed by atoms with Crippen LogP contribution < -0.4 is 0 Å². The lowest BCUT2D eigenvalue weighted by Gasteiger charge is -2.02. The molecule has 0 nitrogen and oxygen atoms in total. The molecule has 0 amide bonds. The molecule has 0 spiro atoms. The van der Waals surface area contributed by atoms with E-state index in [-0.39, 0.29) is 0 Å². The molecule has 1 aliphatic rings. The predicted molar refractivity (Wildman–Crippen MR) is 51.2 cm³/mol. The van der Waals surface area contributed by atoms with Gasteiger partial charge in [0.05, 0.1) is 0 Å². The number of hydrogen-bond donors (Lipinski definition) is 0.